The van der Waals surface area contributed by atoms with Gasteiger partial charge >= 0.3 is 5.97 Å². The summed E-state index contributed by atoms with van der Waals surface area (Å²) in [6.07, 6.45) is 0. The number of likely N-dealkylation sites (N-methyl/N-ethyl adjacent to an activating group) is 1. The molecule has 0 radical (unpaired) electrons. The summed E-state index contributed by atoms with van der Waals surface area (Å²) in [5.74, 6) is -0.251. The number of carbonyl (C=O) groups excluding carboxylic acids is 1. The minimum Gasteiger partial charge on any atom is -1.00 e. The van der Waals surface area contributed by atoms with Gasteiger partial charge in [0.1, 0.15) is 13.2 Å². The Morgan fingerprint density at radius 3 is 2.00 bits per heavy atom. The third-order valence-electron chi connectivity index (χ3n) is 2.59. The van der Waals surface area contributed by atoms with Crippen LogP contribution in [0.2, 0.25) is 0 Å². The fourth-order valence-corrected chi connectivity index (χ4v) is 2.18. The molecule has 0 aliphatic rings. The molecule has 0 saturated heterocycles. The zero-order valence-electron chi connectivity index (χ0n) is 12.0. The van der Waals surface area contributed by atoms with E-state index >= 15 is 0 Å². The molecule has 0 heterocycles. The molecule has 0 amide bonds. The number of quaternary nitrogens is 1. The van der Waals surface area contributed by atoms with Crippen LogP contribution in [0.3, 0.4) is 0 Å². The Bertz CT molecular complexity index is 425. The monoisotopic (exact) mass is 519 g/mol. The van der Waals surface area contributed by atoms with Gasteiger partial charge in [-0.05, 0) is 23.3 Å². The number of halogens is 3. The highest BCUT2D eigenvalue weighted by molar-refractivity contribution is 9.08. The molecule has 1 aromatic rings. The molecule has 1 aromatic carbocycles. The van der Waals surface area contributed by atoms with Gasteiger partial charge in [-0.25, -0.2) is 4.79 Å². The molecule has 0 saturated carbocycles. The van der Waals surface area contributed by atoms with Crippen LogP contribution in [0, 0.1) is 0 Å². The molecule has 114 valence electrons. The van der Waals surface area contributed by atoms with Crippen molar-refractivity contribution in [3.05, 3.63) is 34.9 Å². The molecule has 0 N–H and O–H groups in total. The number of hydrogen-bond acceptors (Lipinski definition) is 2. The lowest BCUT2D eigenvalue weighted by molar-refractivity contribution is -0.870. The van der Waals surface area contributed by atoms with E-state index in [0.717, 1.165) is 32.8 Å². The Labute approximate surface area is 154 Å². The van der Waals surface area contributed by atoms with Crippen molar-refractivity contribution >= 4 is 37.8 Å². The average molecular weight is 521 g/mol. The fraction of sp³-hybridized carbons (Fsp3) is 0.500. The van der Waals surface area contributed by atoms with Crippen LogP contribution in [0.5, 0.6) is 0 Å². The van der Waals surface area contributed by atoms with Gasteiger partial charge in [-0.1, -0.05) is 37.9 Å². The van der Waals surface area contributed by atoms with Crippen molar-refractivity contribution in [1.82, 2.24) is 0 Å². The second-order valence-electron chi connectivity index (χ2n) is 5.46. The summed E-state index contributed by atoms with van der Waals surface area (Å²) in [6, 6.07) is 5.80. The molecule has 3 nitrogen and oxygen atoms in total. The molecule has 0 spiro atoms. The van der Waals surface area contributed by atoms with E-state index in [4.69, 9.17) is 4.74 Å². The van der Waals surface area contributed by atoms with Gasteiger partial charge in [-0.15, -0.1) is 0 Å². The number of nitrogens with zero attached hydrogens (tertiary/aromatic N) is 1. The minimum atomic E-state index is -0.251. The summed E-state index contributed by atoms with van der Waals surface area (Å²) in [5.41, 5.74) is 2.78. The number of esters is 1. The molecule has 0 fully saturated rings. The Kier molecular flexibility index (Phi) is 9.54. The van der Waals surface area contributed by atoms with Crippen molar-refractivity contribution in [3.63, 3.8) is 0 Å². The van der Waals surface area contributed by atoms with E-state index in [9.17, 15) is 4.79 Å². The van der Waals surface area contributed by atoms with Crippen molar-refractivity contribution in [3.8, 4) is 0 Å². The van der Waals surface area contributed by atoms with E-state index in [1.807, 2.05) is 12.1 Å². The minimum absolute atomic E-state index is 0. The maximum Gasteiger partial charge on any atom is 0.338 e. The zero-order valence-corrected chi connectivity index (χ0v) is 17.3. The summed E-state index contributed by atoms with van der Waals surface area (Å²) in [5, 5.41) is 1.46. The van der Waals surface area contributed by atoms with E-state index in [-0.39, 0.29) is 29.9 Å². The second-order valence-corrected chi connectivity index (χ2v) is 6.58. The van der Waals surface area contributed by atoms with Crippen LogP contribution in [0.15, 0.2) is 18.2 Å². The van der Waals surface area contributed by atoms with Crippen LogP contribution < -0.4 is 24.0 Å². The topological polar surface area (TPSA) is 26.3 Å². The predicted molar refractivity (Wildman–Crippen MR) is 84.9 cm³/mol. The molecule has 0 bridgehead atoms. The van der Waals surface area contributed by atoms with Gasteiger partial charge in [0.15, 0.2) is 0 Å². The van der Waals surface area contributed by atoms with Crippen LogP contribution in [-0.4, -0.2) is 44.7 Å². The van der Waals surface area contributed by atoms with Crippen molar-refractivity contribution in [1.29, 1.82) is 0 Å². The summed E-state index contributed by atoms with van der Waals surface area (Å²) in [6.45, 7) is 1.24. The Balaban J connectivity index is 0.00000361. The van der Waals surface area contributed by atoms with Crippen molar-refractivity contribution in [2.75, 3.05) is 34.3 Å². The van der Waals surface area contributed by atoms with Gasteiger partial charge in [-0.3, -0.25) is 0 Å². The first-order valence-electron chi connectivity index (χ1n) is 6.08. The highest BCUT2D eigenvalue weighted by Crippen LogP contribution is 2.16. The molecule has 20 heavy (non-hydrogen) atoms. The third-order valence-corrected chi connectivity index (χ3v) is 3.89. The van der Waals surface area contributed by atoms with Gasteiger partial charge < -0.3 is 33.2 Å². The molecule has 0 aromatic heterocycles. The molecule has 0 aliphatic carbocycles. The Morgan fingerprint density at radius 1 is 1.10 bits per heavy atom. The first kappa shape index (κ1) is 20.3. The number of alkyl halides is 2. The summed E-state index contributed by atoms with van der Waals surface area (Å²) < 4.78 is 6.10. The van der Waals surface area contributed by atoms with E-state index in [1.54, 1.807) is 0 Å². The third kappa shape index (κ3) is 7.38. The maximum atomic E-state index is 12.0. The van der Waals surface area contributed by atoms with Gasteiger partial charge in [0.05, 0.1) is 26.7 Å². The smallest absolute Gasteiger partial charge is 0.338 e. The zero-order chi connectivity index (χ0) is 14.5. The SMILES string of the molecule is C[N+](C)(C)CCOC(=O)c1cc(CBr)cc(CBr)c1.[I-]. The number of carbonyl (C=O) groups is 1. The normalized spacial score (nSPS) is 10.8. The van der Waals surface area contributed by atoms with Gasteiger partial charge in [0.25, 0.3) is 0 Å². The van der Waals surface area contributed by atoms with E-state index < -0.39 is 0 Å². The predicted octanol–water partition coefficient (Wildman–Crippen LogP) is 0.343. The lowest BCUT2D eigenvalue weighted by Crippen LogP contribution is -3.00. The van der Waals surface area contributed by atoms with E-state index in [0.29, 0.717) is 12.2 Å². The first-order valence-corrected chi connectivity index (χ1v) is 8.32. The maximum absolute atomic E-state index is 12.0. The molecule has 0 aliphatic heterocycles. The van der Waals surface area contributed by atoms with Gasteiger partial charge in [0, 0.05) is 10.7 Å². The van der Waals surface area contributed by atoms with Crippen LogP contribution in [-0.2, 0) is 15.4 Å². The number of ether oxygens (including phenoxy) is 1. The van der Waals surface area contributed by atoms with Crippen LogP contribution in [0.25, 0.3) is 0 Å². The number of benzene rings is 1. The van der Waals surface area contributed by atoms with Crippen LogP contribution in [0.4, 0.5) is 0 Å². The molecule has 0 atom stereocenters. The average Bonchev–Trinajstić information content (AvgIpc) is 2.36. The highest BCUT2D eigenvalue weighted by atomic mass is 127. The lowest BCUT2D eigenvalue weighted by Gasteiger charge is -2.23. The number of rotatable bonds is 6. The molecule has 0 unspecified atom stereocenters. The van der Waals surface area contributed by atoms with Crippen LogP contribution in [0.1, 0.15) is 21.5 Å². The van der Waals surface area contributed by atoms with E-state index in [1.165, 1.54) is 0 Å². The molecular formula is C14H20Br2INO2. The largest absolute Gasteiger partial charge is 1.00 e. The van der Waals surface area contributed by atoms with Crippen molar-refractivity contribution in [2.45, 2.75) is 10.7 Å². The van der Waals surface area contributed by atoms with Gasteiger partial charge in [0.2, 0.25) is 0 Å². The molecular weight excluding hydrogens is 501 g/mol. The highest BCUT2D eigenvalue weighted by Gasteiger charge is 2.12. The first-order chi connectivity index (χ1) is 8.85. The Morgan fingerprint density at radius 2 is 1.60 bits per heavy atom. The molecule has 6 heteroatoms. The van der Waals surface area contributed by atoms with E-state index in [2.05, 4.69) is 59.1 Å². The lowest BCUT2D eigenvalue weighted by atomic mass is 10.1. The van der Waals surface area contributed by atoms with Crippen molar-refractivity contribution < 1.29 is 38.0 Å². The standard InChI is InChI=1S/C14H20Br2NO2.HI/c1-17(2,3)4-5-19-14(18)13-7-11(9-15)6-12(8-13)10-16;/h6-8H,4-5,9-10H2,1-3H3;1H/q+1;/p-1. The summed E-state index contributed by atoms with van der Waals surface area (Å²) in [4.78, 5) is 12.0. The second kappa shape index (κ2) is 9.38. The Hall–Kier alpha value is 0.340. The number of hydrogen-bond donors (Lipinski definition) is 0. The quantitative estimate of drug-likeness (QED) is 0.234. The van der Waals surface area contributed by atoms with Crippen LogP contribution >= 0.6 is 31.9 Å². The molecule has 1 rings (SSSR count). The fourth-order valence-electron chi connectivity index (χ4n) is 1.53. The van der Waals surface area contributed by atoms with Gasteiger partial charge in [-0.2, -0.15) is 0 Å². The van der Waals surface area contributed by atoms with Crippen molar-refractivity contribution in [2.24, 2.45) is 0 Å². The summed E-state index contributed by atoms with van der Waals surface area (Å²) in [7, 11) is 6.21. The summed E-state index contributed by atoms with van der Waals surface area (Å²) >= 11 is 6.83.